The number of fused-ring (bicyclic) bond motifs is 1. The van der Waals surface area contributed by atoms with Crippen molar-refractivity contribution in [2.75, 3.05) is 52.8 Å². The number of esters is 2. The number of phosphoric acid groups is 1. The third-order valence-corrected chi connectivity index (χ3v) is 11.2. The highest BCUT2D eigenvalue weighted by Crippen LogP contribution is 2.38. The Balaban J connectivity index is 2.03. The quantitative estimate of drug-likeness (QED) is 0.0168. The average Bonchev–Trinajstić information content (AvgIpc) is 3.67. The van der Waals surface area contributed by atoms with Crippen LogP contribution in [-0.2, 0) is 32.7 Å². The molecule has 0 radical (unpaired) electrons. The third kappa shape index (κ3) is 24.6. The second-order valence-electron chi connectivity index (χ2n) is 16.7. The van der Waals surface area contributed by atoms with Gasteiger partial charge in [-0.25, -0.2) is 9.42 Å². The van der Waals surface area contributed by atoms with Gasteiger partial charge in [0.15, 0.2) is 11.6 Å². The van der Waals surface area contributed by atoms with E-state index in [0.29, 0.717) is 59.9 Å². The van der Waals surface area contributed by atoms with Gasteiger partial charge < -0.3 is 33.2 Å². The van der Waals surface area contributed by atoms with Gasteiger partial charge in [-0.15, -0.1) is 0 Å². The summed E-state index contributed by atoms with van der Waals surface area (Å²) in [6.07, 6.45) is 18.8. The van der Waals surface area contributed by atoms with Crippen molar-refractivity contribution in [3.05, 3.63) is 28.3 Å². The largest absolute Gasteiger partial charge is 0.756 e. The first-order chi connectivity index (χ1) is 28.2. The van der Waals surface area contributed by atoms with Gasteiger partial charge in [-0.2, -0.15) is 0 Å². The Labute approximate surface area is 352 Å². The van der Waals surface area contributed by atoms with Crippen LogP contribution in [0.3, 0.4) is 0 Å². The first kappa shape index (κ1) is 52.0. The molecule has 0 fully saturated rings. The Morgan fingerprint density at radius 2 is 1.39 bits per heavy atom. The summed E-state index contributed by atoms with van der Waals surface area (Å²) < 4.78 is 39.5. The van der Waals surface area contributed by atoms with Crippen LogP contribution in [0.5, 0.6) is 0 Å². The van der Waals surface area contributed by atoms with Crippen LogP contribution in [0.4, 0.5) is 5.69 Å². The Bertz CT molecular complexity index is 1500. The molecule has 0 aliphatic carbocycles. The van der Waals surface area contributed by atoms with Gasteiger partial charge in [0.2, 0.25) is 6.04 Å². The molecule has 0 bridgehead atoms. The van der Waals surface area contributed by atoms with Gasteiger partial charge in [0.1, 0.15) is 31.3 Å². The number of unbranched alkanes of at least 4 members (excludes halogenated alkanes) is 15. The monoisotopic (exact) mass is 856 g/mol. The number of carbonyl (C=O) groups is 2. The number of hydrogen-bond acceptors (Lipinski definition) is 14. The molecule has 17 heteroatoms. The lowest BCUT2D eigenvalue weighted by Gasteiger charge is -2.29. The normalized spacial score (nSPS) is 14.4. The van der Waals surface area contributed by atoms with Crippen LogP contribution in [-0.4, -0.2) is 97.4 Å². The number of hydrogen-bond donors (Lipinski definition) is 1. The fourth-order valence-corrected chi connectivity index (χ4v) is 7.35. The molecule has 338 valence electrons. The van der Waals surface area contributed by atoms with Crippen molar-refractivity contribution in [1.29, 1.82) is 0 Å². The average molecular weight is 856 g/mol. The summed E-state index contributed by atoms with van der Waals surface area (Å²) in [5, 5.41) is 22.7. The summed E-state index contributed by atoms with van der Waals surface area (Å²) in [7, 11) is 0.863. The Kier molecular flexibility index (Phi) is 26.4. The standard InChI is InChI=1S/C42H74N5O11P/c1-6-8-10-11-12-13-14-15-16-17-18-19-21-30-40(48)54-33-36(34-56-59(52,53)55-32-31-47(3,4)5)57-42(49)39(43-37-28-24-29-38-41(37)45-58-44-38)27-23-22-26-35(46(50)51)25-20-9-7-2/h24,28-29,35-36,39H,6-23,25-27,30-34H2,1-5H3,(H-,43,44,52,53)/t35?,36-,39?/m1/s1. The Morgan fingerprint density at radius 1 is 0.814 bits per heavy atom. The second kappa shape index (κ2) is 30.0. The number of carbonyl (C=O) groups excluding carboxylic acids is 2. The van der Waals surface area contributed by atoms with E-state index >= 15 is 0 Å². The van der Waals surface area contributed by atoms with Crippen molar-refractivity contribution in [1.82, 2.24) is 10.3 Å². The fraction of sp³-hybridized carbons (Fsp3) is 0.810. The number of rotatable bonds is 37. The molecule has 0 aliphatic heterocycles. The van der Waals surface area contributed by atoms with Crippen LogP contribution >= 0.6 is 7.82 Å². The highest BCUT2D eigenvalue weighted by atomic mass is 31.2. The van der Waals surface area contributed by atoms with E-state index < -0.39 is 51.2 Å². The fourth-order valence-electron chi connectivity index (χ4n) is 6.62. The molecule has 1 aromatic heterocycles. The number of nitro groups is 1. The number of ether oxygens (including phenoxy) is 2. The van der Waals surface area contributed by atoms with E-state index in [4.69, 9.17) is 23.2 Å². The zero-order valence-electron chi connectivity index (χ0n) is 36.6. The van der Waals surface area contributed by atoms with Crippen LogP contribution in [0.1, 0.15) is 155 Å². The van der Waals surface area contributed by atoms with Crippen LogP contribution in [0.2, 0.25) is 0 Å². The summed E-state index contributed by atoms with van der Waals surface area (Å²) in [6.45, 7) is 3.49. The summed E-state index contributed by atoms with van der Waals surface area (Å²) in [5.74, 6) is -1.25. The van der Waals surface area contributed by atoms with Crippen molar-refractivity contribution >= 4 is 36.5 Å². The highest BCUT2D eigenvalue weighted by molar-refractivity contribution is 7.45. The maximum Gasteiger partial charge on any atom is 0.329 e. The number of likely N-dealkylation sites (N-methyl/N-ethyl adjacent to an activating group) is 1. The molecular weight excluding hydrogens is 781 g/mol. The molecule has 0 spiro atoms. The van der Waals surface area contributed by atoms with E-state index in [2.05, 4.69) is 22.6 Å². The van der Waals surface area contributed by atoms with Crippen LogP contribution in [0, 0.1) is 10.1 Å². The third-order valence-electron chi connectivity index (χ3n) is 10.2. The van der Waals surface area contributed by atoms with Gasteiger partial charge in [0.05, 0.1) is 33.4 Å². The molecule has 0 aliphatic rings. The lowest BCUT2D eigenvalue weighted by Crippen LogP contribution is -2.38. The van der Waals surface area contributed by atoms with Gasteiger partial charge >= 0.3 is 11.9 Å². The number of benzene rings is 1. The van der Waals surface area contributed by atoms with Crippen molar-refractivity contribution < 1.29 is 51.6 Å². The summed E-state index contributed by atoms with van der Waals surface area (Å²) in [4.78, 5) is 50.8. The van der Waals surface area contributed by atoms with E-state index in [1.807, 2.05) is 28.1 Å². The van der Waals surface area contributed by atoms with E-state index in [0.717, 1.165) is 38.5 Å². The summed E-state index contributed by atoms with van der Waals surface area (Å²) in [6, 6.07) is 3.45. The Morgan fingerprint density at radius 3 is 2.00 bits per heavy atom. The predicted octanol–water partition coefficient (Wildman–Crippen LogP) is 8.93. The molecule has 1 heterocycles. The number of phosphoric ester groups is 1. The molecule has 3 unspecified atom stereocenters. The number of aromatic nitrogens is 2. The van der Waals surface area contributed by atoms with Gasteiger partial charge in [-0.3, -0.25) is 19.5 Å². The number of anilines is 1. The zero-order valence-corrected chi connectivity index (χ0v) is 37.5. The minimum atomic E-state index is -4.80. The molecule has 2 rings (SSSR count). The molecule has 0 saturated heterocycles. The van der Waals surface area contributed by atoms with Crippen molar-refractivity contribution in [3.8, 4) is 0 Å². The molecule has 1 aromatic carbocycles. The van der Waals surface area contributed by atoms with Crippen LogP contribution in [0.15, 0.2) is 22.8 Å². The zero-order chi connectivity index (χ0) is 43.4. The van der Waals surface area contributed by atoms with Crippen molar-refractivity contribution in [3.63, 3.8) is 0 Å². The first-order valence-corrected chi connectivity index (χ1v) is 23.6. The van der Waals surface area contributed by atoms with E-state index in [-0.39, 0.29) is 24.4 Å². The molecule has 0 saturated carbocycles. The van der Waals surface area contributed by atoms with Gasteiger partial charge in [-0.05, 0) is 48.1 Å². The summed E-state index contributed by atoms with van der Waals surface area (Å²) in [5.41, 5.74) is 1.29. The van der Waals surface area contributed by atoms with Crippen LogP contribution in [0.25, 0.3) is 11.0 Å². The molecule has 1 N–H and O–H groups in total. The minimum absolute atomic E-state index is 0.118. The highest BCUT2D eigenvalue weighted by Gasteiger charge is 2.28. The Hall–Kier alpha value is -3.17. The first-order valence-electron chi connectivity index (χ1n) is 22.1. The van der Waals surface area contributed by atoms with Crippen molar-refractivity contribution in [2.45, 2.75) is 173 Å². The summed E-state index contributed by atoms with van der Waals surface area (Å²) >= 11 is 0. The maximum absolute atomic E-state index is 13.9. The topological polar surface area (TPSA) is 205 Å². The smallest absolute Gasteiger partial charge is 0.329 e. The van der Waals surface area contributed by atoms with Crippen molar-refractivity contribution in [2.24, 2.45) is 0 Å². The minimum Gasteiger partial charge on any atom is -0.756 e. The molecular formula is C42H74N5O11P. The van der Waals surface area contributed by atoms with Gasteiger partial charge in [-0.1, -0.05) is 116 Å². The maximum atomic E-state index is 13.9. The molecule has 2 aromatic rings. The predicted molar refractivity (Wildman–Crippen MR) is 226 cm³/mol. The number of quaternary nitrogens is 1. The van der Waals surface area contributed by atoms with E-state index in [9.17, 15) is 29.2 Å². The molecule has 16 nitrogen and oxygen atoms in total. The van der Waals surface area contributed by atoms with Gasteiger partial charge in [0.25, 0.3) is 7.82 Å². The number of nitrogens with zero attached hydrogens (tertiary/aromatic N) is 4. The van der Waals surface area contributed by atoms with Gasteiger partial charge in [0, 0.05) is 24.2 Å². The molecule has 59 heavy (non-hydrogen) atoms. The second-order valence-corrected chi connectivity index (χ2v) is 18.1. The lowest BCUT2D eigenvalue weighted by molar-refractivity contribution is -0.870. The van der Waals surface area contributed by atoms with Crippen LogP contribution < -0.4 is 10.2 Å². The van der Waals surface area contributed by atoms with E-state index in [1.165, 1.54) is 57.8 Å². The molecule has 4 atom stereocenters. The number of nitrogens with one attached hydrogen (secondary N) is 1. The molecule has 0 amide bonds. The van der Waals surface area contributed by atoms with E-state index in [1.54, 1.807) is 18.2 Å². The SMILES string of the molecule is CCCCCCCCCCCCCCCC(=O)OC[C@H](COP(=O)([O-])OCC[N+](C)(C)C)OC(=O)C(CCCCC(CCCCC)[N+](=O)[O-])Nc1cccc2nonc12. The lowest BCUT2D eigenvalue weighted by atomic mass is 10.0.